The van der Waals surface area contributed by atoms with Gasteiger partial charge in [-0.15, -0.1) is 0 Å². The van der Waals surface area contributed by atoms with Crippen LogP contribution in [0.1, 0.15) is 19.3 Å². The van der Waals surface area contributed by atoms with Crippen LogP contribution in [0.15, 0.2) is 0 Å². The first kappa shape index (κ1) is 13.8. The average Bonchev–Trinajstić information content (AvgIpc) is 2.51. The number of nitrogens with zero attached hydrogens (tertiary/aromatic N) is 1. The summed E-state index contributed by atoms with van der Waals surface area (Å²) in [6, 6.07) is -0.670. The minimum Gasteiger partial charge on any atom is -0.481 e. The number of amides is 1. The Hall–Kier alpha value is -1.24. The van der Waals surface area contributed by atoms with E-state index in [-0.39, 0.29) is 19.4 Å². The Bertz CT molecular complexity index is 309. The van der Waals surface area contributed by atoms with Crippen molar-refractivity contribution in [2.75, 3.05) is 20.3 Å². The highest BCUT2D eigenvalue weighted by Crippen LogP contribution is 2.32. The first-order chi connectivity index (χ1) is 7.85. The van der Waals surface area contributed by atoms with Gasteiger partial charge in [0.2, 0.25) is 5.91 Å². The molecule has 0 unspecified atom stereocenters. The lowest BCUT2D eigenvalue weighted by atomic mass is 10.2. The van der Waals surface area contributed by atoms with E-state index in [0.29, 0.717) is 0 Å². The van der Waals surface area contributed by atoms with Gasteiger partial charge in [-0.05, 0) is 0 Å². The van der Waals surface area contributed by atoms with Crippen molar-refractivity contribution < 1.29 is 28.2 Å². The molecule has 1 atom stereocenters. The van der Waals surface area contributed by atoms with Gasteiger partial charge in [0.25, 0.3) is 5.92 Å². The predicted octanol–water partition coefficient (Wildman–Crippen LogP) is 0.734. The summed E-state index contributed by atoms with van der Waals surface area (Å²) in [5.74, 6) is -4.60. The molecule has 5 nitrogen and oxygen atoms in total. The van der Waals surface area contributed by atoms with E-state index in [2.05, 4.69) is 0 Å². The van der Waals surface area contributed by atoms with Crippen molar-refractivity contribution in [3.8, 4) is 0 Å². The molecule has 1 aliphatic rings. The third kappa shape index (κ3) is 3.92. The maximum atomic E-state index is 13.2. The summed E-state index contributed by atoms with van der Waals surface area (Å²) >= 11 is 0. The van der Waals surface area contributed by atoms with E-state index < -0.39 is 36.8 Å². The molecule has 1 amide bonds. The number of aliphatic carboxylic acids is 1. The summed E-state index contributed by atoms with van der Waals surface area (Å²) in [5.41, 5.74) is 0. The van der Waals surface area contributed by atoms with Crippen LogP contribution in [0.4, 0.5) is 8.78 Å². The highest BCUT2D eigenvalue weighted by Gasteiger charge is 2.46. The van der Waals surface area contributed by atoms with E-state index in [1.54, 1.807) is 0 Å². The molecular formula is C10H15F2NO4. The number of ether oxygens (including phenoxy) is 1. The van der Waals surface area contributed by atoms with E-state index in [1.807, 2.05) is 0 Å². The molecule has 0 spiro atoms. The normalized spacial score (nSPS) is 22.8. The lowest BCUT2D eigenvalue weighted by Crippen LogP contribution is -2.38. The fourth-order valence-corrected chi connectivity index (χ4v) is 1.89. The molecule has 1 heterocycles. The Morgan fingerprint density at radius 3 is 2.65 bits per heavy atom. The molecule has 0 aromatic carbocycles. The summed E-state index contributed by atoms with van der Waals surface area (Å²) < 4.78 is 31.1. The summed E-state index contributed by atoms with van der Waals surface area (Å²) in [5, 5.41) is 8.43. The molecular weight excluding hydrogens is 236 g/mol. The predicted molar refractivity (Wildman–Crippen MR) is 53.8 cm³/mol. The number of carbonyl (C=O) groups excluding carboxylic acids is 1. The molecule has 17 heavy (non-hydrogen) atoms. The Morgan fingerprint density at radius 1 is 1.47 bits per heavy atom. The van der Waals surface area contributed by atoms with Crippen molar-refractivity contribution >= 4 is 11.9 Å². The number of rotatable bonds is 5. The lowest BCUT2D eigenvalue weighted by molar-refractivity contribution is -0.141. The Morgan fingerprint density at radius 2 is 2.12 bits per heavy atom. The number of hydrogen-bond donors (Lipinski definition) is 1. The molecule has 0 radical (unpaired) electrons. The number of carbonyl (C=O) groups is 2. The summed E-state index contributed by atoms with van der Waals surface area (Å²) in [6.45, 7) is -0.617. The monoisotopic (exact) mass is 251 g/mol. The maximum Gasteiger partial charge on any atom is 0.303 e. The van der Waals surface area contributed by atoms with Crippen LogP contribution in [0.2, 0.25) is 0 Å². The molecule has 0 saturated carbocycles. The zero-order chi connectivity index (χ0) is 13.1. The van der Waals surface area contributed by atoms with Crippen molar-refractivity contribution in [3.05, 3.63) is 0 Å². The standard InChI is InChI=1S/C10H15F2NO4/c1-17-5-7-4-10(11,12)6-13(7)8(14)2-3-9(15)16/h7H,2-6H2,1H3,(H,15,16)/t7-/m0/s1. The zero-order valence-electron chi connectivity index (χ0n) is 9.49. The first-order valence-corrected chi connectivity index (χ1v) is 5.24. The van der Waals surface area contributed by atoms with E-state index in [4.69, 9.17) is 9.84 Å². The van der Waals surface area contributed by atoms with E-state index in [0.717, 1.165) is 4.90 Å². The van der Waals surface area contributed by atoms with Crippen LogP contribution in [0.5, 0.6) is 0 Å². The number of likely N-dealkylation sites (tertiary alicyclic amines) is 1. The van der Waals surface area contributed by atoms with Crippen molar-refractivity contribution in [2.24, 2.45) is 0 Å². The smallest absolute Gasteiger partial charge is 0.303 e. The molecule has 1 fully saturated rings. The fraction of sp³-hybridized carbons (Fsp3) is 0.800. The minimum absolute atomic E-state index is 0.0361. The molecule has 0 aromatic rings. The topological polar surface area (TPSA) is 66.8 Å². The third-order valence-corrected chi connectivity index (χ3v) is 2.61. The van der Waals surface area contributed by atoms with Crippen LogP contribution in [-0.2, 0) is 14.3 Å². The van der Waals surface area contributed by atoms with Crippen molar-refractivity contribution in [3.63, 3.8) is 0 Å². The molecule has 7 heteroatoms. The average molecular weight is 251 g/mol. The van der Waals surface area contributed by atoms with Crippen LogP contribution in [0.3, 0.4) is 0 Å². The van der Waals surface area contributed by atoms with Gasteiger partial charge in [0.05, 0.1) is 25.6 Å². The minimum atomic E-state index is -2.91. The molecule has 1 aliphatic heterocycles. The van der Waals surface area contributed by atoms with Gasteiger partial charge in [-0.3, -0.25) is 9.59 Å². The van der Waals surface area contributed by atoms with Crippen LogP contribution >= 0.6 is 0 Å². The summed E-state index contributed by atoms with van der Waals surface area (Å²) in [4.78, 5) is 22.9. The number of carboxylic acid groups (broad SMARTS) is 1. The van der Waals surface area contributed by atoms with Gasteiger partial charge in [0.1, 0.15) is 0 Å². The molecule has 1 saturated heterocycles. The molecule has 0 bridgehead atoms. The van der Waals surface area contributed by atoms with Crippen LogP contribution < -0.4 is 0 Å². The maximum absolute atomic E-state index is 13.2. The highest BCUT2D eigenvalue weighted by molar-refractivity contribution is 5.81. The Kier molecular flexibility index (Phi) is 4.39. The van der Waals surface area contributed by atoms with Gasteiger partial charge < -0.3 is 14.7 Å². The quantitative estimate of drug-likeness (QED) is 0.782. The van der Waals surface area contributed by atoms with Gasteiger partial charge in [-0.2, -0.15) is 0 Å². The molecule has 1 rings (SSSR count). The molecule has 0 aromatic heterocycles. The highest BCUT2D eigenvalue weighted by atomic mass is 19.3. The second kappa shape index (κ2) is 5.39. The molecule has 98 valence electrons. The Balaban J connectivity index is 2.60. The van der Waals surface area contributed by atoms with E-state index in [9.17, 15) is 18.4 Å². The summed E-state index contributed by atoms with van der Waals surface area (Å²) in [7, 11) is 1.37. The van der Waals surface area contributed by atoms with Crippen LogP contribution in [-0.4, -0.2) is 54.1 Å². The molecule has 0 aliphatic carbocycles. The second-order valence-corrected chi connectivity index (χ2v) is 4.08. The Labute approximate surface area is 97.3 Å². The fourth-order valence-electron chi connectivity index (χ4n) is 1.89. The van der Waals surface area contributed by atoms with E-state index in [1.165, 1.54) is 7.11 Å². The van der Waals surface area contributed by atoms with Crippen molar-refractivity contribution in [1.29, 1.82) is 0 Å². The SMILES string of the molecule is COC[C@@H]1CC(F)(F)CN1C(=O)CCC(=O)O. The number of halogens is 2. The van der Waals surface area contributed by atoms with Crippen LogP contribution in [0, 0.1) is 0 Å². The van der Waals surface area contributed by atoms with Gasteiger partial charge >= 0.3 is 5.97 Å². The summed E-state index contributed by atoms with van der Waals surface area (Å²) in [6.07, 6.45) is -1.04. The zero-order valence-corrected chi connectivity index (χ0v) is 9.49. The van der Waals surface area contributed by atoms with Crippen LogP contribution in [0.25, 0.3) is 0 Å². The third-order valence-electron chi connectivity index (χ3n) is 2.61. The van der Waals surface area contributed by atoms with Gasteiger partial charge in [0.15, 0.2) is 0 Å². The van der Waals surface area contributed by atoms with Gasteiger partial charge in [-0.1, -0.05) is 0 Å². The first-order valence-electron chi connectivity index (χ1n) is 5.24. The molecule has 1 N–H and O–H groups in total. The van der Waals surface area contributed by atoms with E-state index >= 15 is 0 Å². The van der Waals surface area contributed by atoms with Gasteiger partial charge in [0, 0.05) is 20.0 Å². The van der Waals surface area contributed by atoms with Gasteiger partial charge in [-0.25, -0.2) is 8.78 Å². The van der Waals surface area contributed by atoms with Crippen molar-refractivity contribution in [2.45, 2.75) is 31.2 Å². The van der Waals surface area contributed by atoms with Crippen molar-refractivity contribution in [1.82, 2.24) is 4.90 Å². The number of alkyl halides is 2. The second-order valence-electron chi connectivity index (χ2n) is 4.08. The number of carboxylic acids is 1. The number of hydrogen-bond acceptors (Lipinski definition) is 3. The number of methoxy groups -OCH3 is 1. The largest absolute Gasteiger partial charge is 0.481 e. The lowest BCUT2D eigenvalue weighted by Gasteiger charge is -2.22.